The van der Waals surface area contributed by atoms with Crippen LogP contribution in [-0.4, -0.2) is 29.4 Å². The summed E-state index contributed by atoms with van der Waals surface area (Å²) >= 11 is 0. The molecule has 1 aromatic carbocycles. The Kier molecular flexibility index (Phi) is 11.4. The summed E-state index contributed by atoms with van der Waals surface area (Å²) in [4.78, 5) is 14.9. The standard InChI is InChI=1S/C20H33N3O.2ClH/c1-4-23(5-2)15-17-11-9-16(10-12-17)14-22-19(24)18-8-6-7-13-20(18,3)21;;/h9-12,18H,4-8,13-15,21H2,1-3H3,(H,22,24);2*1H. The fourth-order valence-corrected chi connectivity index (χ4v) is 3.57. The Balaban J connectivity index is 0.00000312. The molecule has 1 fully saturated rings. The highest BCUT2D eigenvalue weighted by Crippen LogP contribution is 2.31. The zero-order valence-corrected chi connectivity index (χ0v) is 17.9. The number of rotatable bonds is 7. The molecular weight excluding hydrogens is 369 g/mol. The number of nitrogens with two attached hydrogens (primary N) is 1. The van der Waals surface area contributed by atoms with Gasteiger partial charge in [0.15, 0.2) is 0 Å². The van der Waals surface area contributed by atoms with Gasteiger partial charge in [-0.3, -0.25) is 9.69 Å². The van der Waals surface area contributed by atoms with Crippen LogP contribution in [0.2, 0.25) is 0 Å². The molecule has 0 aromatic heterocycles. The molecule has 1 aliphatic rings. The van der Waals surface area contributed by atoms with Crippen LogP contribution >= 0.6 is 24.8 Å². The van der Waals surface area contributed by atoms with Crippen LogP contribution in [0.5, 0.6) is 0 Å². The molecule has 2 rings (SSSR count). The van der Waals surface area contributed by atoms with Gasteiger partial charge in [-0.15, -0.1) is 24.8 Å². The molecule has 0 heterocycles. The Morgan fingerprint density at radius 1 is 1.15 bits per heavy atom. The summed E-state index contributed by atoms with van der Waals surface area (Å²) in [6.07, 6.45) is 4.07. The van der Waals surface area contributed by atoms with Gasteiger partial charge < -0.3 is 11.1 Å². The molecule has 4 nitrogen and oxygen atoms in total. The van der Waals surface area contributed by atoms with Crippen LogP contribution < -0.4 is 11.1 Å². The quantitative estimate of drug-likeness (QED) is 0.725. The van der Waals surface area contributed by atoms with Crippen molar-refractivity contribution < 1.29 is 4.79 Å². The molecule has 2 unspecified atom stereocenters. The molecule has 3 N–H and O–H groups in total. The lowest BCUT2D eigenvalue weighted by molar-refractivity contribution is -0.128. The highest BCUT2D eigenvalue weighted by molar-refractivity contribution is 5.85. The fraction of sp³-hybridized carbons (Fsp3) is 0.650. The molecule has 0 bridgehead atoms. The van der Waals surface area contributed by atoms with Crippen LogP contribution in [0.3, 0.4) is 0 Å². The number of nitrogens with one attached hydrogen (secondary N) is 1. The lowest BCUT2D eigenvalue weighted by Gasteiger charge is -2.37. The van der Waals surface area contributed by atoms with Gasteiger partial charge in [0, 0.05) is 18.6 Å². The van der Waals surface area contributed by atoms with E-state index in [0.717, 1.165) is 50.9 Å². The summed E-state index contributed by atoms with van der Waals surface area (Å²) in [5.41, 5.74) is 8.41. The average molecular weight is 404 g/mol. The van der Waals surface area contributed by atoms with Gasteiger partial charge in [-0.25, -0.2) is 0 Å². The molecule has 1 saturated carbocycles. The van der Waals surface area contributed by atoms with Crippen molar-refractivity contribution in [3.8, 4) is 0 Å². The third kappa shape index (κ3) is 7.07. The van der Waals surface area contributed by atoms with Gasteiger partial charge in [0.1, 0.15) is 0 Å². The number of carbonyl (C=O) groups excluding carboxylic acids is 1. The number of nitrogens with zero attached hydrogens (tertiary/aromatic N) is 1. The Bertz CT molecular complexity index is 530. The van der Waals surface area contributed by atoms with Crippen molar-refractivity contribution in [2.24, 2.45) is 11.7 Å². The summed E-state index contributed by atoms with van der Waals surface area (Å²) < 4.78 is 0. The normalized spacial score (nSPS) is 22.3. The third-order valence-corrected chi connectivity index (χ3v) is 5.36. The zero-order chi connectivity index (χ0) is 17.6. The van der Waals surface area contributed by atoms with Crippen molar-refractivity contribution in [1.82, 2.24) is 10.2 Å². The lowest BCUT2D eigenvalue weighted by Crippen LogP contribution is -2.52. The van der Waals surface area contributed by atoms with Gasteiger partial charge in [-0.05, 0) is 44.0 Å². The molecule has 0 spiro atoms. The van der Waals surface area contributed by atoms with Gasteiger partial charge in [0.25, 0.3) is 0 Å². The predicted octanol–water partition coefficient (Wildman–Crippen LogP) is 3.90. The Labute approximate surface area is 171 Å². The number of hydrogen-bond donors (Lipinski definition) is 2. The van der Waals surface area contributed by atoms with E-state index >= 15 is 0 Å². The minimum atomic E-state index is -0.365. The first-order valence-electron chi connectivity index (χ1n) is 9.33. The van der Waals surface area contributed by atoms with E-state index in [2.05, 4.69) is 48.3 Å². The highest BCUT2D eigenvalue weighted by Gasteiger charge is 2.37. The summed E-state index contributed by atoms with van der Waals surface area (Å²) in [5, 5.41) is 3.08. The largest absolute Gasteiger partial charge is 0.352 e. The Morgan fingerprint density at radius 2 is 1.73 bits per heavy atom. The van der Waals surface area contributed by atoms with E-state index in [1.807, 2.05) is 6.92 Å². The highest BCUT2D eigenvalue weighted by atomic mass is 35.5. The van der Waals surface area contributed by atoms with E-state index in [0.29, 0.717) is 6.54 Å². The van der Waals surface area contributed by atoms with E-state index in [1.54, 1.807) is 0 Å². The molecule has 2 atom stereocenters. The van der Waals surface area contributed by atoms with Gasteiger partial charge in [-0.2, -0.15) is 0 Å². The first-order chi connectivity index (χ1) is 11.5. The second kappa shape index (κ2) is 11.8. The van der Waals surface area contributed by atoms with Gasteiger partial charge in [-0.1, -0.05) is 51.0 Å². The van der Waals surface area contributed by atoms with Crippen LogP contribution in [0.4, 0.5) is 0 Å². The number of halogens is 2. The zero-order valence-electron chi connectivity index (χ0n) is 16.3. The van der Waals surface area contributed by atoms with Crippen LogP contribution in [-0.2, 0) is 17.9 Å². The second-order valence-electron chi connectivity index (χ2n) is 7.30. The minimum absolute atomic E-state index is 0. The summed E-state index contributed by atoms with van der Waals surface area (Å²) in [7, 11) is 0. The van der Waals surface area contributed by atoms with E-state index in [9.17, 15) is 4.79 Å². The Hall–Kier alpha value is -0.810. The number of carbonyl (C=O) groups is 1. The van der Waals surface area contributed by atoms with E-state index in [-0.39, 0.29) is 42.2 Å². The first-order valence-corrected chi connectivity index (χ1v) is 9.33. The lowest BCUT2D eigenvalue weighted by atomic mass is 9.74. The molecule has 1 aromatic rings. The van der Waals surface area contributed by atoms with Gasteiger partial charge >= 0.3 is 0 Å². The minimum Gasteiger partial charge on any atom is -0.352 e. The SMILES string of the molecule is CCN(CC)Cc1ccc(CNC(=O)C2CCCCC2(C)N)cc1.Cl.Cl. The number of hydrogen-bond acceptors (Lipinski definition) is 3. The third-order valence-electron chi connectivity index (χ3n) is 5.36. The van der Waals surface area contributed by atoms with E-state index in [4.69, 9.17) is 5.73 Å². The number of amides is 1. The monoisotopic (exact) mass is 403 g/mol. The molecule has 6 heteroatoms. The smallest absolute Gasteiger partial charge is 0.225 e. The molecule has 0 radical (unpaired) electrons. The molecule has 1 amide bonds. The fourth-order valence-electron chi connectivity index (χ4n) is 3.57. The summed E-state index contributed by atoms with van der Waals surface area (Å²) in [5.74, 6) is 0.0418. The van der Waals surface area contributed by atoms with Crippen molar-refractivity contribution in [2.45, 2.75) is 65.1 Å². The number of benzene rings is 1. The van der Waals surface area contributed by atoms with Crippen LogP contribution in [0.25, 0.3) is 0 Å². The predicted molar refractivity (Wildman–Crippen MR) is 114 cm³/mol. The van der Waals surface area contributed by atoms with Crippen LogP contribution in [0.1, 0.15) is 57.6 Å². The Morgan fingerprint density at radius 3 is 2.27 bits per heavy atom. The maximum atomic E-state index is 12.5. The maximum Gasteiger partial charge on any atom is 0.225 e. The van der Waals surface area contributed by atoms with Gasteiger partial charge in [0.05, 0.1) is 5.92 Å². The average Bonchev–Trinajstić information content (AvgIpc) is 2.58. The van der Waals surface area contributed by atoms with Crippen molar-refractivity contribution in [1.29, 1.82) is 0 Å². The topological polar surface area (TPSA) is 58.4 Å². The van der Waals surface area contributed by atoms with E-state index in [1.165, 1.54) is 5.56 Å². The second-order valence-corrected chi connectivity index (χ2v) is 7.30. The molecule has 0 aliphatic heterocycles. The maximum absolute atomic E-state index is 12.5. The van der Waals surface area contributed by atoms with Crippen molar-refractivity contribution in [3.05, 3.63) is 35.4 Å². The van der Waals surface area contributed by atoms with Crippen LogP contribution in [0, 0.1) is 5.92 Å². The summed E-state index contributed by atoms with van der Waals surface area (Å²) in [6.45, 7) is 10.1. The van der Waals surface area contributed by atoms with Crippen molar-refractivity contribution >= 4 is 30.7 Å². The van der Waals surface area contributed by atoms with Crippen molar-refractivity contribution in [3.63, 3.8) is 0 Å². The molecule has 0 saturated heterocycles. The first kappa shape index (κ1) is 25.2. The van der Waals surface area contributed by atoms with Crippen LogP contribution in [0.15, 0.2) is 24.3 Å². The molecule has 150 valence electrons. The van der Waals surface area contributed by atoms with Gasteiger partial charge in [0.2, 0.25) is 5.91 Å². The summed E-state index contributed by atoms with van der Waals surface area (Å²) in [6, 6.07) is 8.55. The molecule has 1 aliphatic carbocycles. The molecule has 26 heavy (non-hydrogen) atoms. The van der Waals surface area contributed by atoms with E-state index < -0.39 is 0 Å². The molecular formula is C20H35Cl2N3O. The van der Waals surface area contributed by atoms with Crippen molar-refractivity contribution in [2.75, 3.05) is 13.1 Å².